The van der Waals surface area contributed by atoms with Gasteiger partial charge in [-0.05, 0) is 63.3 Å². The van der Waals surface area contributed by atoms with Crippen molar-refractivity contribution in [2.75, 3.05) is 32.8 Å². The van der Waals surface area contributed by atoms with Crippen molar-refractivity contribution in [1.82, 2.24) is 9.80 Å². The number of ether oxygens (including phenoxy) is 3. The van der Waals surface area contributed by atoms with Gasteiger partial charge in [0.15, 0.2) is 0 Å². The summed E-state index contributed by atoms with van der Waals surface area (Å²) in [6.45, 7) is 7.89. The maximum absolute atomic E-state index is 13.1. The molecule has 1 atom stereocenters. The Balaban J connectivity index is 1.38. The fourth-order valence-corrected chi connectivity index (χ4v) is 4.51. The van der Waals surface area contributed by atoms with E-state index < -0.39 is 11.7 Å². The Kier molecular flexibility index (Phi) is 7.14. The number of amides is 2. The molecule has 1 saturated heterocycles. The van der Waals surface area contributed by atoms with E-state index in [1.54, 1.807) is 21.9 Å². The summed E-state index contributed by atoms with van der Waals surface area (Å²) in [6, 6.07) is 6.18. The van der Waals surface area contributed by atoms with Crippen LogP contribution in [0.15, 0.2) is 47.4 Å². The van der Waals surface area contributed by atoms with Crippen molar-refractivity contribution < 1.29 is 28.2 Å². The standard InChI is InChI=1S/C26H33FN2O5/c1-26(2,3)34-24(30)28-11-8-19-16-22-23(17-20(19)9-12-28)32-15-13-29(22)25(31)33-14-10-18-4-6-21(27)7-5-18/h4-7,16,20H,8-15,17H2,1-3H3. The molecule has 34 heavy (non-hydrogen) atoms. The first-order valence-corrected chi connectivity index (χ1v) is 11.9. The fourth-order valence-electron chi connectivity index (χ4n) is 4.51. The van der Waals surface area contributed by atoms with E-state index >= 15 is 0 Å². The smallest absolute Gasteiger partial charge is 0.414 e. The summed E-state index contributed by atoms with van der Waals surface area (Å²) in [4.78, 5) is 28.8. The molecule has 2 heterocycles. The molecular formula is C26H33FN2O5. The third kappa shape index (κ3) is 5.90. The first-order chi connectivity index (χ1) is 16.2. The lowest BCUT2D eigenvalue weighted by Gasteiger charge is -2.35. The summed E-state index contributed by atoms with van der Waals surface area (Å²) in [5.74, 6) is 0.798. The summed E-state index contributed by atoms with van der Waals surface area (Å²) in [6.07, 6.45) is 4.14. The van der Waals surface area contributed by atoms with Gasteiger partial charge in [-0.1, -0.05) is 17.7 Å². The molecule has 7 nitrogen and oxygen atoms in total. The van der Waals surface area contributed by atoms with Crippen LogP contribution >= 0.6 is 0 Å². The number of nitrogens with zero attached hydrogens (tertiary/aromatic N) is 2. The van der Waals surface area contributed by atoms with Gasteiger partial charge in [0.25, 0.3) is 0 Å². The molecule has 4 rings (SSSR count). The highest BCUT2D eigenvalue weighted by Gasteiger charge is 2.35. The van der Waals surface area contributed by atoms with Gasteiger partial charge < -0.3 is 19.1 Å². The van der Waals surface area contributed by atoms with Crippen molar-refractivity contribution in [3.63, 3.8) is 0 Å². The average molecular weight is 473 g/mol. The van der Waals surface area contributed by atoms with Crippen LogP contribution in [0.25, 0.3) is 0 Å². The second-order valence-electron chi connectivity index (χ2n) is 9.93. The summed E-state index contributed by atoms with van der Waals surface area (Å²) in [5.41, 5.74) is 2.36. The lowest BCUT2D eigenvalue weighted by Crippen LogP contribution is -2.39. The normalized spacial score (nSPS) is 20.5. The molecule has 1 unspecified atom stereocenters. The van der Waals surface area contributed by atoms with Gasteiger partial charge >= 0.3 is 12.2 Å². The molecule has 0 bridgehead atoms. The average Bonchev–Trinajstić information content (AvgIpc) is 2.99. The monoisotopic (exact) mass is 472 g/mol. The largest absolute Gasteiger partial charge is 0.494 e. The highest BCUT2D eigenvalue weighted by atomic mass is 19.1. The Hall–Kier alpha value is -3.03. The van der Waals surface area contributed by atoms with E-state index in [1.165, 1.54) is 17.7 Å². The molecular weight excluding hydrogens is 439 g/mol. The Labute approximate surface area is 200 Å². The molecule has 3 aliphatic rings. The SMILES string of the molecule is CC(C)(C)OC(=O)N1CCC2=CC3=C(CC2CC1)OCCN3C(=O)OCCc1ccc(F)cc1. The second kappa shape index (κ2) is 10.1. The Morgan fingerprint density at radius 3 is 2.62 bits per heavy atom. The zero-order chi connectivity index (χ0) is 24.3. The summed E-state index contributed by atoms with van der Waals surface area (Å²) in [5, 5.41) is 0. The molecule has 1 fully saturated rings. The number of carbonyl (C=O) groups excluding carboxylic acids is 2. The number of rotatable bonds is 3. The van der Waals surface area contributed by atoms with Gasteiger partial charge in [-0.2, -0.15) is 0 Å². The summed E-state index contributed by atoms with van der Waals surface area (Å²) in [7, 11) is 0. The van der Waals surface area contributed by atoms with Gasteiger partial charge in [0.1, 0.15) is 23.8 Å². The van der Waals surface area contributed by atoms with Crippen LogP contribution < -0.4 is 0 Å². The van der Waals surface area contributed by atoms with Gasteiger partial charge in [-0.15, -0.1) is 0 Å². The van der Waals surface area contributed by atoms with E-state index in [0.717, 1.165) is 29.9 Å². The van der Waals surface area contributed by atoms with Gasteiger partial charge in [-0.3, -0.25) is 4.90 Å². The topological polar surface area (TPSA) is 68.3 Å². The van der Waals surface area contributed by atoms with Crippen molar-refractivity contribution in [2.45, 2.75) is 52.1 Å². The summed E-state index contributed by atoms with van der Waals surface area (Å²) < 4.78 is 30.1. The van der Waals surface area contributed by atoms with Crippen molar-refractivity contribution >= 4 is 12.2 Å². The van der Waals surface area contributed by atoms with Gasteiger partial charge in [-0.25, -0.2) is 14.0 Å². The molecule has 2 amide bonds. The molecule has 1 aromatic carbocycles. The van der Waals surface area contributed by atoms with Crippen LogP contribution in [0.5, 0.6) is 0 Å². The maximum Gasteiger partial charge on any atom is 0.414 e. The lowest BCUT2D eigenvalue weighted by molar-refractivity contribution is 0.0255. The second-order valence-corrected chi connectivity index (χ2v) is 9.93. The number of halogens is 1. The minimum Gasteiger partial charge on any atom is -0.494 e. The van der Waals surface area contributed by atoms with Gasteiger partial charge in [0, 0.05) is 25.9 Å². The number of likely N-dealkylation sites (tertiary alicyclic amines) is 1. The Bertz CT molecular complexity index is 980. The number of fused-ring (bicyclic) bond motifs is 1. The van der Waals surface area contributed by atoms with Crippen LogP contribution in [-0.2, 0) is 20.6 Å². The fraction of sp³-hybridized carbons (Fsp3) is 0.538. The molecule has 184 valence electrons. The Morgan fingerprint density at radius 1 is 1.12 bits per heavy atom. The predicted octanol–water partition coefficient (Wildman–Crippen LogP) is 5.03. The highest BCUT2D eigenvalue weighted by Crippen LogP contribution is 2.38. The van der Waals surface area contributed by atoms with Crippen molar-refractivity contribution in [2.24, 2.45) is 5.92 Å². The summed E-state index contributed by atoms with van der Waals surface area (Å²) >= 11 is 0. The molecule has 1 aromatic rings. The van der Waals surface area contributed by atoms with Crippen LogP contribution in [0.2, 0.25) is 0 Å². The van der Waals surface area contributed by atoms with Crippen LogP contribution in [0.1, 0.15) is 45.6 Å². The van der Waals surface area contributed by atoms with Crippen LogP contribution in [0, 0.1) is 11.7 Å². The van der Waals surface area contributed by atoms with Crippen molar-refractivity contribution in [3.05, 3.63) is 58.8 Å². The molecule has 0 saturated carbocycles. The predicted molar refractivity (Wildman–Crippen MR) is 124 cm³/mol. The third-order valence-corrected chi connectivity index (χ3v) is 6.27. The van der Waals surface area contributed by atoms with Gasteiger partial charge in [0.05, 0.1) is 18.8 Å². The molecule has 0 spiro atoms. The Morgan fingerprint density at radius 2 is 1.88 bits per heavy atom. The maximum atomic E-state index is 13.1. The molecule has 8 heteroatoms. The number of benzene rings is 1. The number of hydrogen-bond acceptors (Lipinski definition) is 5. The lowest BCUT2D eigenvalue weighted by atomic mass is 9.85. The molecule has 0 aromatic heterocycles. The molecule has 1 aliphatic carbocycles. The zero-order valence-electron chi connectivity index (χ0n) is 20.1. The van der Waals surface area contributed by atoms with Gasteiger partial charge in [0.2, 0.25) is 0 Å². The molecule has 0 radical (unpaired) electrons. The van der Waals surface area contributed by atoms with E-state index in [4.69, 9.17) is 14.2 Å². The van der Waals surface area contributed by atoms with Crippen LogP contribution in [0.3, 0.4) is 0 Å². The highest BCUT2D eigenvalue weighted by molar-refractivity contribution is 5.71. The van der Waals surface area contributed by atoms with E-state index in [9.17, 15) is 14.0 Å². The first kappa shape index (κ1) is 24.1. The number of hydrogen-bond donors (Lipinski definition) is 0. The minimum absolute atomic E-state index is 0.217. The van der Waals surface area contributed by atoms with E-state index in [-0.39, 0.29) is 24.4 Å². The minimum atomic E-state index is -0.526. The van der Waals surface area contributed by atoms with E-state index in [2.05, 4.69) is 0 Å². The third-order valence-electron chi connectivity index (χ3n) is 6.27. The first-order valence-electron chi connectivity index (χ1n) is 11.9. The number of carbonyl (C=O) groups is 2. The molecule has 2 aliphatic heterocycles. The van der Waals surface area contributed by atoms with Crippen LogP contribution in [-0.4, -0.2) is 60.4 Å². The van der Waals surface area contributed by atoms with E-state index in [0.29, 0.717) is 39.1 Å². The zero-order valence-corrected chi connectivity index (χ0v) is 20.1. The van der Waals surface area contributed by atoms with Crippen LogP contribution in [0.4, 0.5) is 14.0 Å². The quantitative estimate of drug-likeness (QED) is 0.618. The number of allylic oxidation sites excluding steroid dienone is 2. The van der Waals surface area contributed by atoms with E-state index in [1.807, 2.05) is 26.8 Å². The van der Waals surface area contributed by atoms with Crippen molar-refractivity contribution in [1.29, 1.82) is 0 Å². The molecule has 0 N–H and O–H groups in total. The van der Waals surface area contributed by atoms with Crippen molar-refractivity contribution in [3.8, 4) is 0 Å².